The van der Waals surface area contributed by atoms with Crippen LogP contribution < -0.4 is 4.74 Å². The zero-order valence-electron chi connectivity index (χ0n) is 18.0. The molecule has 0 saturated heterocycles. The van der Waals surface area contributed by atoms with Gasteiger partial charge in [-0.05, 0) is 42.7 Å². The molecule has 2 rings (SSSR count). The highest BCUT2D eigenvalue weighted by atomic mass is 19.1. The molecule has 1 fully saturated rings. The molecule has 0 spiro atoms. The number of ether oxygens (including phenoxy) is 1. The SMILES string of the molecule is CCCCCc1ccc(OC(=O)CCC2CCC(CCCCC)CC2)cc1F. The van der Waals surface area contributed by atoms with Gasteiger partial charge in [-0.3, -0.25) is 4.79 Å². The Kier molecular flexibility index (Phi) is 10.6. The van der Waals surface area contributed by atoms with Crippen molar-refractivity contribution in [3.05, 3.63) is 29.6 Å². The van der Waals surface area contributed by atoms with Crippen molar-refractivity contribution in [1.82, 2.24) is 0 Å². The predicted octanol–water partition coefficient (Wildman–Crippen LogP) is 7.63. The minimum atomic E-state index is -0.261. The van der Waals surface area contributed by atoms with Crippen molar-refractivity contribution < 1.29 is 13.9 Å². The molecule has 0 heterocycles. The second kappa shape index (κ2) is 13.0. The summed E-state index contributed by atoms with van der Waals surface area (Å²) in [6.07, 6.45) is 15.8. The second-order valence-corrected chi connectivity index (χ2v) is 8.61. The molecule has 1 saturated carbocycles. The van der Waals surface area contributed by atoms with Crippen LogP contribution in [0.3, 0.4) is 0 Å². The first-order valence-electron chi connectivity index (χ1n) is 11.6. The van der Waals surface area contributed by atoms with Gasteiger partial charge in [0, 0.05) is 12.5 Å². The topological polar surface area (TPSA) is 26.3 Å². The number of unbranched alkanes of at least 4 members (excludes halogenated alkanes) is 4. The summed E-state index contributed by atoms with van der Waals surface area (Å²) in [5, 5.41) is 0. The molecule has 0 aliphatic heterocycles. The lowest BCUT2D eigenvalue weighted by Crippen LogP contribution is -2.17. The van der Waals surface area contributed by atoms with E-state index in [1.807, 2.05) is 0 Å². The summed E-state index contributed by atoms with van der Waals surface area (Å²) in [5.74, 6) is 1.38. The Morgan fingerprint density at radius 1 is 0.964 bits per heavy atom. The van der Waals surface area contributed by atoms with Gasteiger partial charge >= 0.3 is 5.97 Å². The molecule has 158 valence electrons. The highest BCUT2D eigenvalue weighted by Gasteiger charge is 2.21. The maximum absolute atomic E-state index is 14.2. The molecule has 2 nitrogen and oxygen atoms in total. The normalized spacial score (nSPS) is 19.5. The van der Waals surface area contributed by atoms with Crippen LogP contribution in [0.4, 0.5) is 4.39 Å². The summed E-state index contributed by atoms with van der Waals surface area (Å²) in [7, 11) is 0. The van der Waals surface area contributed by atoms with Crippen LogP contribution in [-0.4, -0.2) is 5.97 Å². The molecular weight excluding hydrogens is 351 g/mol. The van der Waals surface area contributed by atoms with Gasteiger partial charge in [0.1, 0.15) is 11.6 Å². The third-order valence-corrected chi connectivity index (χ3v) is 6.24. The average Bonchev–Trinajstić information content (AvgIpc) is 2.69. The van der Waals surface area contributed by atoms with E-state index in [0.29, 0.717) is 23.7 Å². The lowest BCUT2D eigenvalue weighted by atomic mass is 9.78. The fourth-order valence-electron chi connectivity index (χ4n) is 4.36. The quantitative estimate of drug-likeness (QED) is 0.208. The molecule has 3 heteroatoms. The van der Waals surface area contributed by atoms with Gasteiger partial charge < -0.3 is 4.74 Å². The average molecular weight is 391 g/mol. The summed E-state index contributed by atoms with van der Waals surface area (Å²) >= 11 is 0. The van der Waals surface area contributed by atoms with Crippen LogP contribution >= 0.6 is 0 Å². The van der Waals surface area contributed by atoms with Gasteiger partial charge in [0.05, 0.1) is 0 Å². The molecule has 28 heavy (non-hydrogen) atoms. The number of hydrogen-bond donors (Lipinski definition) is 0. The number of carbonyl (C=O) groups is 1. The fraction of sp³-hybridized carbons (Fsp3) is 0.720. The number of carbonyl (C=O) groups excluding carboxylic acids is 1. The van der Waals surface area contributed by atoms with E-state index in [2.05, 4.69) is 13.8 Å². The predicted molar refractivity (Wildman–Crippen MR) is 114 cm³/mol. The Hall–Kier alpha value is -1.38. The largest absolute Gasteiger partial charge is 0.426 e. The molecule has 0 unspecified atom stereocenters. The van der Waals surface area contributed by atoms with Gasteiger partial charge in [-0.2, -0.15) is 0 Å². The third kappa shape index (κ3) is 8.32. The van der Waals surface area contributed by atoms with Crippen molar-refractivity contribution in [1.29, 1.82) is 0 Å². The number of halogens is 1. The van der Waals surface area contributed by atoms with Gasteiger partial charge in [-0.25, -0.2) is 4.39 Å². The molecule has 1 aromatic rings. The first-order chi connectivity index (χ1) is 13.6. The standard InChI is InChI=1S/C25H39FO2/c1-3-5-7-9-20-11-13-21(14-12-20)15-18-25(27)28-23-17-16-22(24(26)19-23)10-8-6-4-2/h16-17,19-21H,3-15,18H2,1-2H3. The molecule has 0 radical (unpaired) electrons. The van der Waals surface area contributed by atoms with E-state index in [0.717, 1.165) is 38.0 Å². The van der Waals surface area contributed by atoms with Gasteiger partial charge in [-0.1, -0.05) is 84.1 Å². The number of hydrogen-bond acceptors (Lipinski definition) is 2. The summed E-state index contributed by atoms with van der Waals surface area (Å²) in [6.45, 7) is 4.39. The monoisotopic (exact) mass is 390 g/mol. The van der Waals surface area contributed by atoms with E-state index < -0.39 is 0 Å². The van der Waals surface area contributed by atoms with Crippen molar-refractivity contribution >= 4 is 5.97 Å². The minimum absolute atomic E-state index is 0.233. The molecule has 0 aromatic heterocycles. The lowest BCUT2D eigenvalue weighted by molar-refractivity contribution is -0.134. The maximum Gasteiger partial charge on any atom is 0.311 e. The number of rotatable bonds is 12. The molecule has 1 aromatic carbocycles. The number of benzene rings is 1. The smallest absolute Gasteiger partial charge is 0.311 e. The first kappa shape index (κ1) is 22.9. The second-order valence-electron chi connectivity index (χ2n) is 8.61. The van der Waals surface area contributed by atoms with Crippen LogP contribution in [0.5, 0.6) is 5.75 Å². The van der Waals surface area contributed by atoms with Gasteiger partial charge in [0.25, 0.3) is 0 Å². The molecule has 1 aliphatic carbocycles. The van der Waals surface area contributed by atoms with Crippen LogP contribution in [0.25, 0.3) is 0 Å². The van der Waals surface area contributed by atoms with Crippen molar-refractivity contribution in [2.45, 2.75) is 104 Å². The summed E-state index contributed by atoms with van der Waals surface area (Å²) in [4.78, 5) is 12.2. The molecule has 0 N–H and O–H groups in total. The highest BCUT2D eigenvalue weighted by molar-refractivity contribution is 5.72. The van der Waals surface area contributed by atoms with E-state index in [1.165, 1.54) is 57.4 Å². The Bertz CT molecular complexity index is 576. The maximum atomic E-state index is 14.2. The van der Waals surface area contributed by atoms with Crippen LogP contribution in [-0.2, 0) is 11.2 Å². The Morgan fingerprint density at radius 3 is 2.25 bits per heavy atom. The van der Waals surface area contributed by atoms with Gasteiger partial charge in [0.2, 0.25) is 0 Å². The van der Waals surface area contributed by atoms with Crippen molar-refractivity contribution in [2.24, 2.45) is 11.8 Å². The van der Waals surface area contributed by atoms with Crippen molar-refractivity contribution in [3.63, 3.8) is 0 Å². The summed E-state index contributed by atoms with van der Waals surface area (Å²) < 4.78 is 19.5. The number of aryl methyl sites for hydroxylation is 1. The summed E-state index contributed by atoms with van der Waals surface area (Å²) in [5.41, 5.74) is 0.712. The Balaban J connectivity index is 1.66. The van der Waals surface area contributed by atoms with Crippen LogP contribution in [0.2, 0.25) is 0 Å². The fourth-order valence-corrected chi connectivity index (χ4v) is 4.36. The van der Waals surface area contributed by atoms with Crippen molar-refractivity contribution in [3.8, 4) is 5.75 Å². The van der Waals surface area contributed by atoms with E-state index in [9.17, 15) is 9.18 Å². The van der Waals surface area contributed by atoms with E-state index >= 15 is 0 Å². The summed E-state index contributed by atoms with van der Waals surface area (Å²) in [6, 6.07) is 4.85. The molecule has 0 amide bonds. The molecule has 1 aliphatic rings. The van der Waals surface area contributed by atoms with E-state index in [1.54, 1.807) is 12.1 Å². The van der Waals surface area contributed by atoms with Crippen LogP contribution in [0, 0.1) is 17.7 Å². The first-order valence-corrected chi connectivity index (χ1v) is 11.6. The molecular formula is C25H39FO2. The van der Waals surface area contributed by atoms with Crippen molar-refractivity contribution in [2.75, 3.05) is 0 Å². The van der Waals surface area contributed by atoms with E-state index in [-0.39, 0.29) is 11.8 Å². The molecule has 0 atom stereocenters. The number of esters is 1. The Labute approximate surface area is 171 Å². The highest BCUT2D eigenvalue weighted by Crippen LogP contribution is 2.34. The zero-order chi connectivity index (χ0) is 20.2. The zero-order valence-corrected chi connectivity index (χ0v) is 18.0. The Morgan fingerprint density at radius 2 is 1.61 bits per heavy atom. The minimum Gasteiger partial charge on any atom is -0.426 e. The van der Waals surface area contributed by atoms with Crippen LogP contribution in [0.1, 0.15) is 103 Å². The lowest BCUT2D eigenvalue weighted by Gasteiger charge is -2.28. The molecule has 0 bridgehead atoms. The van der Waals surface area contributed by atoms with Gasteiger partial charge in [0.15, 0.2) is 0 Å². The van der Waals surface area contributed by atoms with E-state index in [4.69, 9.17) is 4.74 Å². The third-order valence-electron chi connectivity index (χ3n) is 6.24. The van der Waals surface area contributed by atoms with Gasteiger partial charge in [-0.15, -0.1) is 0 Å². The van der Waals surface area contributed by atoms with Crippen LogP contribution in [0.15, 0.2) is 18.2 Å².